The van der Waals surface area contributed by atoms with E-state index in [1.807, 2.05) is 55.5 Å². The summed E-state index contributed by atoms with van der Waals surface area (Å²) in [6, 6.07) is 14.7. The monoisotopic (exact) mass is 299 g/mol. The average molecular weight is 299 g/mol. The van der Waals surface area contributed by atoms with E-state index in [1.165, 1.54) is 0 Å². The highest BCUT2D eigenvalue weighted by molar-refractivity contribution is 5.76. The van der Waals surface area contributed by atoms with Crippen LogP contribution < -0.4 is 10.1 Å². The Hall–Kier alpha value is -2.33. The molecule has 2 aromatic rings. The lowest BCUT2D eigenvalue weighted by molar-refractivity contribution is -0.139. The molecule has 0 radical (unpaired) electrons. The predicted molar refractivity (Wildman–Crippen MR) is 86.3 cm³/mol. The third-order valence-corrected chi connectivity index (χ3v) is 3.67. The van der Waals surface area contributed by atoms with E-state index in [1.54, 1.807) is 7.11 Å². The Bertz CT molecular complexity index is 622. The van der Waals surface area contributed by atoms with Crippen molar-refractivity contribution in [3.63, 3.8) is 0 Å². The minimum atomic E-state index is -0.857. The molecule has 0 saturated carbocycles. The van der Waals surface area contributed by atoms with Gasteiger partial charge in [-0.25, -0.2) is 0 Å². The molecule has 0 spiro atoms. The summed E-state index contributed by atoms with van der Waals surface area (Å²) in [4.78, 5) is 11.5. The van der Waals surface area contributed by atoms with E-state index < -0.39 is 12.0 Å². The maximum Gasteiger partial charge on any atom is 0.325 e. The van der Waals surface area contributed by atoms with E-state index in [9.17, 15) is 9.90 Å². The number of benzene rings is 2. The second kappa shape index (κ2) is 7.61. The smallest absolute Gasteiger partial charge is 0.325 e. The number of methoxy groups -OCH3 is 1. The molecule has 0 aliphatic heterocycles. The van der Waals surface area contributed by atoms with E-state index in [0.717, 1.165) is 28.9 Å². The molecule has 2 rings (SSSR count). The van der Waals surface area contributed by atoms with Gasteiger partial charge in [0.25, 0.3) is 0 Å². The van der Waals surface area contributed by atoms with E-state index in [-0.39, 0.29) is 0 Å². The van der Waals surface area contributed by atoms with Crippen LogP contribution in [0.2, 0.25) is 0 Å². The van der Waals surface area contributed by atoms with Gasteiger partial charge in [0.1, 0.15) is 11.8 Å². The Balaban J connectivity index is 1.98. The summed E-state index contributed by atoms with van der Waals surface area (Å²) in [5, 5.41) is 12.6. The topological polar surface area (TPSA) is 58.6 Å². The van der Waals surface area contributed by atoms with Gasteiger partial charge >= 0.3 is 5.97 Å². The number of nitrogens with one attached hydrogen (secondary N) is 1. The fourth-order valence-electron chi connectivity index (χ4n) is 2.39. The molecule has 0 aliphatic rings. The second-order valence-corrected chi connectivity index (χ2v) is 5.18. The van der Waals surface area contributed by atoms with E-state index in [4.69, 9.17) is 4.74 Å². The highest BCUT2D eigenvalue weighted by Crippen LogP contribution is 2.18. The van der Waals surface area contributed by atoms with Crippen molar-refractivity contribution in [2.45, 2.75) is 19.4 Å². The molecule has 0 fully saturated rings. The molecule has 0 bridgehead atoms. The summed E-state index contributed by atoms with van der Waals surface area (Å²) in [5.41, 5.74) is 2.93. The summed E-state index contributed by atoms with van der Waals surface area (Å²) in [6.45, 7) is 2.52. The quantitative estimate of drug-likeness (QED) is 0.825. The standard InChI is InChI=1S/C18H21NO3/c1-13-5-3-4-6-16(13)17(18(20)21)19-12-11-14-7-9-15(22-2)10-8-14/h3-10,17,19H,11-12H2,1-2H3,(H,20,21). The molecule has 1 unspecified atom stereocenters. The number of carboxylic acids is 1. The maximum absolute atomic E-state index is 11.5. The number of hydrogen-bond donors (Lipinski definition) is 2. The molecule has 116 valence electrons. The first-order valence-electron chi connectivity index (χ1n) is 7.26. The summed E-state index contributed by atoms with van der Waals surface area (Å²) >= 11 is 0. The maximum atomic E-state index is 11.5. The molecular formula is C18H21NO3. The molecule has 0 heterocycles. The van der Waals surface area contributed by atoms with Gasteiger partial charge in [-0.2, -0.15) is 0 Å². The predicted octanol–water partition coefficient (Wildman–Crippen LogP) is 2.96. The van der Waals surface area contributed by atoms with Gasteiger partial charge in [-0.3, -0.25) is 4.79 Å². The summed E-state index contributed by atoms with van der Waals surface area (Å²) in [6.07, 6.45) is 0.764. The Morgan fingerprint density at radius 1 is 1.18 bits per heavy atom. The van der Waals surface area contributed by atoms with Gasteiger partial charge in [-0.1, -0.05) is 36.4 Å². The van der Waals surface area contributed by atoms with Crippen molar-refractivity contribution >= 4 is 5.97 Å². The number of ether oxygens (including phenoxy) is 1. The Morgan fingerprint density at radius 2 is 1.86 bits per heavy atom. The first kappa shape index (κ1) is 16.0. The molecular weight excluding hydrogens is 278 g/mol. The average Bonchev–Trinajstić information content (AvgIpc) is 2.53. The second-order valence-electron chi connectivity index (χ2n) is 5.18. The Labute approximate surface area is 130 Å². The summed E-state index contributed by atoms with van der Waals surface area (Å²) < 4.78 is 5.12. The van der Waals surface area contributed by atoms with Crippen molar-refractivity contribution in [2.75, 3.05) is 13.7 Å². The van der Waals surface area contributed by atoms with Crippen LogP contribution in [0.5, 0.6) is 5.75 Å². The first-order valence-corrected chi connectivity index (χ1v) is 7.26. The van der Waals surface area contributed by atoms with Crippen LogP contribution in [0.1, 0.15) is 22.7 Å². The normalized spacial score (nSPS) is 11.9. The van der Waals surface area contributed by atoms with Crippen LogP contribution >= 0.6 is 0 Å². The molecule has 0 aromatic heterocycles. The molecule has 4 heteroatoms. The van der Waals surface area contributed by atoms with Gasteiger partial charge < -0.3 is 15.2 Å². The number of rotatable bonds is 7. The van der Waals surface area contributed by atoms with Crippen molar-refractivity contribution in [1.29, 1.82) is 0 Å². The highest BCUT2D eigenvalue weighted by atomic mass is 16.5. The van der Waals surface area contributed by atoms with Crippen molar-refractivity contribution in [3.05, 3.63) is 65.2 Å². The third kappa shape index (κ3) is 4.09. The van der Waals surface area contributed by atoms with Crippen LogP contribution in [-0.4, -0.2) is 24.7 Å². The minimum absolute atomic E-state index is 0.595. The number of aliphatic carboxylic acids is 1. The number of carboxylic acid groups (broad SMARTS) is 1. The molecule has 22 heavy (non-hydrogen) atoms. The molecule has 2 N–H and O–H groups in total. The molecule has 1 atom stereocenters. The van der Waals surface area contributed by atoms with Crippen LogP contribution in [0, 0.1) is 6.92 Å². The van der Waals surface area contributed by atoms with Crippen LogP contribution in [-0.2, 0) is 11.2 Å². The summed E-state index contributed by atoms with van der Waals surface area (Å²) in [7, 11) is 1.64. The molecule has 2 aromatic carbocycles. The molecule has 0 saturated heterocycles. The lowest BCUT2D eigenvalue weighted by Gasteiger charge is -2.17. The Morgan fingerprint density at radius 3 is 2.45 bits per heavy atom. The van der Waals surface area contributed by atoms with Crippen molar-refractivity contribution in [3.8, 4) is 5.75 Å². The van der Waals surface area contributed by atoms with E-state index >= 15 is 0 Å². The fraction of sp³-hybridized carbons (Fsp3) is 0.278. The van der Waals surface area contributed by atoms with Crippen molar-refractivity contribution in [2.24, 2.45) is 0 Å². The van der Waals surface area contributed by atoms with Gasteiger partial charge in [0, 0.05) is 6.54 Å². The van der Waals surface area contributed by atoms with Crippen molar-refractivity contribution < 1.29 is 14.6 Å². The zero-order valence-electron chi connectivity index (χ0n) is 12.9. The number of carbonyl (C=O) groups is 1. The van der Waals surface area contributed by atoms with Crippen LogP contribution in [0.3, 0.4) is 0 Å². The molecule has 4 nitrogen and oxygen atoms in total. The zero-order valence-corrected chi connectivity index (χ0v) is 12.9. The summed E-state index contributed by atoms with van der Waals surface area (Å²) in [5.74, 6) is -0.0379. The number of aryl methyl sites for hydroxylation is 1. The highest BCUT2D eigenvalue weighted by Gasteiger charge is 2.20. The first-order chi connectivity index (χ1) is 10.6. The fourth-order valence-corrected chi connectivity index (χ4v) is 2.39. The van der Waals surface area contributed by atoms with Gasteiger partial charge in [-0.15, -0.1) is 0 Å². The van der Waals surface area contributed by atoms with Crippen LogP contribution in [0.15, 0.2) is 48.5 Å². The van der Waals surface area contributed by atoms with Crippen molar-refractivity contribution in [1.82, 2.24) is 5.32 Å². The van der Waals surface area contributed by atoms with Gasteiger partial charge in [0.2, 0.25) is 0 Å². The van der Waals surface area contributed by atoms with E-state index in [2.05, 4.69) is 5.32 Å². The number of hydrogen-bond acceptors (Lipinski definition) is 3. The largest absolute Gasteiger partial charge is 0.497 e. The van der Waals surface area contributed by atoms with Gasteiger partial charge in [0.15, 0.2) is 0 Å². The molecule has 0 aliphatic carbocycles. The Kier molecular flexibility index (Phi) is 5.55. The zero-order chi connectivity index (χ0) is 15.9. The van der Waals surface area contributed by atoms with E-state index in [0.29, 0.717) is 6.54 Å². The lowest BCUT2D eigenvalue weighted by Crippen LogP contribution is -2.30. The van der Waals surface area contributed by atoms with Crippen LogP contribution in [0.25, 0.3) is 0 Å². The lowest BCUT2D eigenvalue weighted by atomic mass is 10.0. The van der Waals surface area contributed by atoms with Gasteiger partial charge in [-0.05, 0) is 42.2 Å². The van der Waals surface area contributed by atoms with Gasteiger partial charge in [0.05, 0.1) is 7.11 Å². The SMILES string of the molecule is COc1ccc(CCNC(C(=O)O)c2ccccc2C)cc1. The third-order valence-electron chi connectivity index (χ3n) is 3.67. The molecule has 0 amide bonds. The minimum Gasteiger partial charge on any atom is -0.497 e. The van der Waals surface area contributed by atoms with Crippen LogP contribution in [0.4, 0.5) is 0 Å².